The number of hydrogen-bond donors (Lipinski definition) is 0. The minimum Gasteiger partial charge on any atom is -0.248 e. The average molecular weight is 423 g/mol. The number of para-hydroxylation sites is 1. The van der Waals surface area contributed by atoms with Crippen molar-refractivity contribution in [3.8, 4) is 33.2 Å². The first-order valence-corrected chi connectivity index (χ1v) is 10.5. The SMILES string of the molecule is Fc1ccc(-c2nn3c(-c4cc(-c5ccccc5)nc5ccccc45)nnc3s2)cc1. The number of benzene rings is 3. The number of pyridine rings is 1. The Morgan fingerprint density at radius 1 is 0.774 bits per heavy atom. The second-order valence-corrected chi connectivity index (χ2v) is 8.03. The Hall–Kier alpha value is -3.97. The fourth-order valence-corrected chi connectivity index (χ4v) is 4.46. The second kappa shape index (κ2) is 7.07. The lowest BCUT2D eigenvalue weighted by Gasteiger charge is -2.08. The Bertz CT molecular complexity index is 1540. The van der Waals surface area contributed by atoms with Gasteiger partial charge in [0.05, 0.1) is 11.2 Å². The van der Waals surface area contributed by atoms with Crippen molar-refractivity contribution < 1.29 is 4.39 Å². The monoisotopic (exact) mass is 423 g/mol. The van der Waals surface area contributed by atoms with Gasteiger partial charge in [-0.3, -0.25) is 0 Å². The predicted octanol–water partition coefficient (Wildman–Crippen LogP) is 5.87. The molecule has 5 nitrogen and oxygen atoms in total. The van der Waals surface area contributed by atoms with E-state index in [4.69, 9.17) is 10.1 Å². The van der Waals surface area contributed by atoms with E-state index in [0.717, 1.165) is 38.3 Å². The van der Waals surface area contributed by atoms with Crippen LogP contribution in [-0.2, 0) is 0 Å². The number of rotatable bonds is 3. The molecule has 0 atom stereocenters. The largest absolute Gasteiger partial charge is 0.248 e. The Kier molecular flexibility index (Phi) is 4.07. The first-order valence-electron chi connectivity index (χ1n) is 9.70. The highest BCUT2D eigenvalue weighted by Crippen LogP contribution is 2.33. The van der Waals surface area contributed by atoms with Gasteiger partial charge in [-0.2, -0.15) is 9.61 Å². The highest BCUT2D eigenvalue weighted by Gasteiger charge is 2.18. The quantitative estimate of drug-likeness (QED) is 0.357. The lowest BCUT2D eigenvalue weighted by molar-refractivity contribution is 0.628. The van der Waals surface area contributed by atoms with Crippen molar-refractivity contribution in [3.63, 3.8) is 0 Å². The maximum atomic E-state index is 13.3. The van der Waals surface area contributed by atoms with Crippen molar-refractivity contribution >= 4 is 27.2 Å². The lowest BCUT2D eigenvalue weighted by atomic mass is 10.0. The van der Waals surface area contributed by atoms with Crippen LogP contribution in [0.5, 0.6) is 0 Å². The molecule has 0 saturated heterocycles. The molecule has 3 heterocycles. The van der Waals surface area contributed by atoms with Crippen molar-refractivity contribution in [2.75, 3.05) is 0 Å². The molecule has 0 aliphatic heterocycles. The van der Waals surface area contributed by atoms with Crippen molar-refractivity contribution in [3.05, 3.63) is 90.7 Å². The maximum absolute atomic E-state index is 13.3. The third-order valence-electron chi connectivity index (χ3n) is 5.11. The van der Waals surface area contributed by atoms with E-state index in [-0.39, 0.29) is 5.82 Å². The van der Waals surface area contributed by atoms with E-state index in [0.29, 0.717) is 10.8 Å². The molecule has 0 unspecified atom stereocenters. The molecule has 7 heteroatoms. The van der Waals surface area contributed by atoms with Crippen LogP contribution >= 0.6 is 11.3 Å². The van der Waals surface area contributed by atoms with Crippen LogP contribution in [0.25, 0.3) is 49.1 Å². The fraction of sp³-hybridized carbons (Fsp3) is 0. The Balaban J connectivity index is 1.57. The van der Waals surface area contributed by atoms with Gasteiger partial charge in [0.25, 0.3) is 0 Å². The maximum Gasteiger partial charge on any atom is 0.235 e. The van der Waals surface area contributed by atoms with Crippen LogP contribution in [0, 0.1) is 5.82 Å². The van der Waals surface area contributed by atoms with Crippen LogP contribution in [0.1, 0.15) is 0 Å². The molecule has 0 bridgehead atoms. The zero-order chi connectivity index (χ0) is 20.8. The average Bonchev–Trinajstić information content (AvgIpc) is 3.41. The zero-order valence-electron chi connectivity index (χ0n) is 16.1. The van der Waals surface area contributed by atoms with E-state index in [1.165, 1.54) is 23.5 Å². The molecule has 0 aliphatic rings. The summed E-state index contributed by atoms with van der Waals surface area (Å²) < 4.78 is 15.1. The lowest BCUT2D eigenvalue weighted by Crippen LogP contribution is -1.95. The standard InChI is InChI=1S/C24H14FN5S/c25-17-12-10-16(11-13-17)23-29-30-22(27-28-24(30)31-23)19-14-21(15-6-2-1-3-7-15)26-20-9-5-4-8-18(19)20/h1-14H. The molecule has 0 fully saturated rings. The molecule has 6 aromatic rings. The summed E-state index contributed by atoms with van der Waals surface area (Å²) in [5.74, 6) is 0.375. The van der Waals surface area contributed by atoms with Gasteiger partial charge in [0, 0.05) is 22.1 Å². The summed E-state index contributed by atoms with van der Waals surface area (Å²) >= 11 is 1.42. The minimum atomic E-state index is -0.274. The summed E-state index contributed by atoms with van der Waals surface area (Å²) in [6, 6.07) is 26.4. The van der Waals surface area contributed by atoms with Gasteiger partial charge in [-0.05, 0) is 36.4 Å². The van der Waals surface area contributed by atoms with E-state index in [1.807, 2.05) is 60.7 Å². The van der Waals surface area contributed by atoms with Gasteiger partial charge in [0.1, 0.15) is 10.8 Å². The molecule has 0 aliphatic carbocycles. The summed E-state index contributed by atoms with van der Waals surface area (Å²) in [6.07, 6.45) is 0. The Morgan fingerprint density at radius 2 is 1.55 bits per heavy atom. The minimum absolute atomic E-state index is 0.274. The molecule has 0 saturated carbocycles. The van der Waals surface area contributed by atoms with E-state index < -0.39 is 0 Å². The molecule has 3 aromatic carbocycles. The fourth-order valence-electron chi connectivity index (χ4n) is 3.61. The zero-order valence-corrected chi connectivity index (χ0v) is 16.9. The highest BCUT2D eigenvalue weighted by molar-refractivity contribution is 7.19. The highest BCUT2D eigenvalue weighted by atomic mass is 32.1. The van der Waals surface area contributed by atoms with E-state index in [2.05, 4.69) is 10.2 Å². The van der Waals surface area contributed by atoms with Crippen LogP contribution in [0.15, 0.2) is 84.9 Å². The van der Waals surface area contributed by atoms with E-state index in [1.54, 1.807) is 16.6 Å². The number of hydrogen-bond acceptors (Lipinski definition) is 5. The number of halogens is 1. The number of nitrogens with zero attached hydrogens (tertiary/aromatic N) is 5. The molecular formula is C24H14FN5S. The van der Waals surface area contributed by atoms with E-state index >= 15 is 0 Å². The molecule has 0 radical (unpaired) electrons. The molecular weight excluding hydrogens is 409 g/mol. The van der Waals surface area contributed by atoms with E-state index in [9.17, 15) is 4.39 Å². The molecule has 0 amide bonds. The van der Waals surface area contributed by atoms with Crippen LogP contribution < -0.4 is 0 Å². The molecule has 3 aromatic heterocycles. The second-order valence-electron chi connectivity index (χ2n) is 7.07. The van der Waals surface area contributed by atoms with Gasteiger partial charge in [-0.15, -0.1) is 10.2 Å². The van der Waals surface area contributed by atoms with Gasteiger partial charge in [-0.1, -0.05) is 59.9 Å². The summed E-state index contributed by atoms with van der Waals surface area (Å²) in [7, 11) is 0. The topological polar surface area (TPSA) is 56.0 Å². The van der Waals surface area contributed by atoms with Gasteiger partial charge in [0.15, 0.2) is 5.82 Å². The van der Waals surface area contributed by atoms with Crippen molar-refractivity contribution in [2.24, 2.45) is 0 Å². The van der Waals surface area contributed by atoms with Gasteiger partial charge >= 0.3 is 0 Å². The number of fused-ring (bicyclic) bond motifs is 2. The van der Waals surface area contributed by atoms with Crippen LogP contribution in [0.2, 0.25) is 0 Å². The van der Waals surface area contributed by atoms with Gasteiger partial charge < -0.3 is 0 Å². The first kappa shape index (κ1) is 17.9. The summed E-state index contributed by atoms with van der Waals surface area (Å²) in [4.78, 5) is 5.52. The molecule has 31 heavy (non-hydrogen) atoms. The Labute approximate surface area is 180 Å². The van der Waals surface area contributed by atoms with Crippen LogP contribution in [0.3, 0.4) is 0 Å². The number of aromatic nitrogens is 5. The van der Waals surface area contributed by atoms with Crippen molar-refractivity contribution in [1.82, 2.24) is 24.8 Å². The van der Waals surface area contributed by atoms with Gasteiger partial charge in [0.2, 0.25) is 4.96 Å². The Morgan fingerprint density at radius 3 is 2.39 bits per heavy atom. The molecule has 148 valence electrons. The summed E-state index contributed by atoms with van der Waals surface area (Å²) in [6.45, 7) is 0. The smallest absolute Gasteiger partial charge is 0.235 e. The third-order valence-corrected chi connectivity index (χ3v) is 6.06. The van der Waals surface area contributed by atoms with Crippen molar-refractivity contribution in [2.45, 2.75) is 0 Å². The normalized spacial score (nSPS) is 11.4. The molecule has 0 N–H and O–H groups in total. The van der Waals surface area contributed by atoms with Crippen LogP contribution in [0.4, 0.5) is 4.39 Å². The van der Waals surface area contributed by atoms with Gasteiger partial charge in [-0.25, -0.2) is 9.37 Å². The summed E-state index contributed by atoms with van der Waals surface area (Å²) in [5, 5.41) is 15.2. The summed E-state index contributed by atoms with van der Waals surface area (Å²) in [5.41, 5.74) is 4.52. The van der Waals surface area contributed by atoms with Crippen molar-refractivity contribution in [1.29, 1.82) is 0 Å². The first-order chi connectivity index (χ1) is 15.3. The molecule has 0 spiro atoms. The predicted molar refractivity (Wildman–Crippen MR) is 120 cm³/mol. The van der Waals surface area contributed by atoms with Crippen LogP contribution in [-0.4, -0.2) is 24.8 Å². The third kappa shape index (κ3) is 3.06. The molecule has 6 rings (SSSR count).